The third kappa shape index (κ3) is 3.60. The number of hydrogen-bond donors (Lipinski definition) is 0. The zero-order chi connectivity index (χ0) is 14.8. The molecule has 2 aromatic rings. The maximum atomic E-state index is 13.0. The molecule has 0 fully saturated rings. The SMILES string of the molecule is Cc1cc(F)ccc1OCc1ccc(C(C)(C)C)cc1. The van der Waals surface area contributed by atoms with Crippen molar-refractivity contribution in [2.75, 3.05) is 0 Å². The molecule has 0 unspecified atom stereocenters. The van der Waals surface area contributed by atoms with E-state index in [0.29, 0.717) is 6.61 Å². The molecular formula is C18H21FO. The summed E-state index contributed by atoms with van der Waals surface area (Å²) in [6.45, 7) is 8.93. The number of halogens is 1. The van der Waals surface area contributed by atoms with Crippen LogP contribution in [0.25, 0.3) is 0 Å². The van der Waals surface area contributed by atoms with Gasteiger partial charge in [0.1, 0.15) is 18.2 Å². The molecule has 0 aliphatic rings. The smallest absolute Gasteiger partial charge is 0.123 e. The molecular weight excluding hydrogens is 251 g/mol. The van der Waals surface area contributed by atoms with Crippen LogP contribution in [0.2, 0.25) is 0 Å². The Hall–Kier alpha value is -1.83. The van der Waals surface area contributed by atoms with Crippen LogP contribution in [0.5, 0.6) is 5.75 Å². The van der Waals surface area contributed by atoms with Crippen molar-refractivity contribution < 1.29 is 9.13 Å². The van der Waals surface area contributed by atoms with E-state index in [1.807, 2.05) is 6.92 Å². The summed E-state index contributed by atoms with van der Waals surface area (Å²) in [5.41, 5.74) is 3.39. The van der Waals surface area contributed by atoms with Crippen molar-refractivity contribution in [2.24, 2.45) is 0 Å². The molecule has 0 atom stereocenters. The Morgan fingerprint density at radius 3 is 2.20 bits per heavy atom. The van der Waals surface area contributed by atoms with Gasteiger partial charge < -0.3 is 4.74 Å². The van der Waals surface area contributed by atoms with Crippen LogP contribution in [-0.4, -0.2) is 0 Å². The second-order valence-electron chi connectivity index (χ2n) is 6.15. The van der Waals surface area contributed by atoms with Gasteiger partial charge in [0.25, 0.3) is 0 Å². The Labute approximate surface area is 120 Å². The molecule has 0 saturated heterocycles. The number of rotatable bonds is 3. The molecule has 20 heavy (non-hydrogen) atoms. The van der Waals surface area contributed by atoms with Crippen LogP contribution < -0.4 is 4.74 Å². The van der Waals surface area contributed by atoms with Gasteiger partial charge in [0.2, 0.25) is 0 Å². The van der Waals surface area contributed by atoms with E-state index in [1.54, 1.807) is 6.07 Å². The lowest BCUT2D eigenvalue weighted by Crippen LogP contribution is -2.10. The van der Waals surface area contributed by atoms with Gasteiger partial charge in [-0.1, -0.05) is 45.0 Å². The molecule has 0 radical (unpaired) electrons. The maximum Gasteiger partial charge on any atom is 0.123 e. The first-order valence-electron chi connectivity index (χ1n) is 6.84. The van der Waals surface area contributed by atoms with Crippen molar-refractivity contribution in [3.05, 3.63) is 65.0 Å². The molecule has 0 spiro atoms. The van der Waals surface area contributed by atoms with E-state index >= 15 is 0 Å². The molecule has 0 aliphatic carbocycles. The summed E-state index contributed by atoms with van der Waals surface area (Å²) in [7, 11) is 0. The fourth-order valence-electron chi connectivity index (χ4n) is 2.04. The summed E-state index contributed by atoms with van der Waals surface area (Å²) >= 11 is 0. The molecule has 2 heteroatoms. The van der Waals surface area contributed by atoms with Gasteiger partial charge in [0.15, 0.2) is 0 Å². The molecule has 0 heterocycles. The van der Waals surface area contributed by atoms with Gasteiger partial charge >= 0.3 is 0 Å². The predicted octanol–water partition coefficient (Wildman–Crippen LogP) is 5.01. The van der Waals surface area contributed by atoms with Crippen LogP contribution in [0.15, 0.2) is 42.5 Å². The number of ether oxygens (including phenoxy) is 1. The highest BCUT2D eigenvalue weighted by Crippen LogP contribution is 2.23. The van der Waals surface area contributed by atoms with Crippen LogP contribution >= 0.6 is 0 Å². The summed E-state index contributed by atoms with van der Waals surface area (Å²) in [4.78, 5) is 0. The van der Waals surface area contributed by atoms with E-state index in [4.69, 9.17) is 4.74 Å². The first-order valence-corrected chi connectivity index (χ1v) is 6.84. The van der Waals surface area contributed by atoms with Gasteiger partial charge in [-0.05, 0) is 47.2 Å². The van der Waals surface area contributed by atoms with Crippen LogP contribution in [-0.2, 0) is 12.0 Å². The first-order chi connectivity index (χ1) is 9.36. The minimum Gasteiger partial charge on any atom is -0.489 e. The monoisotopic (exact) mass is 272 g/mol. The van der Waals surface area contributed by atoms with E-state index in [0.717, 1.165) is 16.9 Å². The molecule has 0 aliphatic heterocycles. The van der Waals surface area contributed by atoms with Gasteiger partial charge in [-0.3, -0.25) is 0 Å². The number of benzene rings is 2. The fraction of sp³-hybridized carbons (Fsp3) is 0.333. The van der Waals surface area contributed by atoms with Crippen molar-refractivity contribution in [1.29, 1.82) is 0 Å². The molecule has 2 aromatic carbocycles. The molecule has 2 rings (SSSR count). The predicted molar refractivity (Wildman–Crippen MR) is 80.6 cm³/mol. The summed E-state index contributed by atoms with van der Waals surface area (Å²) in [5, 5.41) is 0. The maximum absolute atomic E-state index is 13.0. The Morgan fingerprint density at radius 1 is 1.00 bits per heavy atom. The first kappa shape index (κ1) is 14.6. The van der Waals surface area contributed by atoms with Crippen LogP contribution in [0, 0.1) is 12.7 Å². The van der Waals surface area contributed by atoms with E-state index in [9.17, 15) is 4.39 Å². The van der Waals surface area contributed by atoms with Gasteiger partial charge in [-0.2, -0.15) is 0 Å². The topological polar surface area (TPSA) is 9.23 Å². The fourth-order valence-corrected chi connectivity index (χ4v) is 2.04. The van der Waals surface area contributed by atoms with Gasteiger partial charge in [0, 0.05) is 0 Å². The highest BCUT2D eigenvalue weighted by atomic mass is 19.1. The zero-order valence-corrected chi connectivity index (χ0v) is 12.5. The minimum atomic E-state index is -0.232. The highest BCUT2D eigenvalue weighted by molar-refractivity contribution is 5.33. The lowest BCUT2D eigenvalue weighted by molar-refractivity contribution is 0.303. The Kier molecular flexibility index (Phi) is 4.12. The van der Waals surface area contributed by atoms with Crippen molar-refractivity contribution in [1.82, 2.24) is 0 Å². The average Bonchev–Trinajstić information content (AvgIpc) is 2.37. The van der Waals surface area contributed by atoms with E-state index in [2.05, 4.69) is 45.0 Å². The van der Waals surface area contributed by atoms with Gasteiger partial charge in [0.05, 0.1) is 0 Å². The second-order valence-corrected chi connectivity index (χ2v) is 6.15. The normalized spacial score (nSPS) is 11.4. The minimum absolute atomic E-state index is 0.160. The lowest BCUT2D eigenvalue weighted by Gasteiger charge is -2.19. The summed E-state index contributed by atoms with van der Waals surface area (Å²) in [6, 6.07) is 13.0. The largest absolute Gasteiger partial charge is 0.489 e. The van der Waals surface area contributed by atoms with Crippen molar-refractivity contribution in [3.63, 3.8) is 0 Å². The van der Waals surface area contributed by atoms with Crippen LogP contribution in [0.1, 0.15) is 37.5 Å². The van der Waals surface area contributed by atoms with E-state index < -0.39 is 0 Å². The Morgan fingerprint density at radius 2 is 1.65 bits per heavy atom. The van der Waals surface area contributed by atoms with Crippen molar-refractivity contribution in [2.45, 2.75) is 39.7 Å². The number of aryl methyl sites for hydroxylation is 1. The Bertz CT molecular complexity index is 579. The molecule has 0 amide bonds. The van der Waals surface area contributed by atoms with Gasteiger partial charge in [-0.25, -0.2) is 4.39 Å². The third-order valence-corrected chi connectivity index (χ3v) is 3.35. The van der Waals surface area contributed by atoms with E-state index in [-0.39, 0.29) is 11.2 Å². The second kappa shape index (κ2) is 5.66. The van der Waals surface area contributed by atoms with Crippen molar-refractivity contribution in [3.8, 4) is 5.75 Å². The number of hydrogen-bond acceptors (Lipinski definition) is 1. The van der Waals surface area contributed by atoms with Gasteiger partial charge in [-0.15, -0.1) is 0 Å². The van der Waals surface area contributed by atoms with Crippen LogP contribution in [0.3, 0.4) is 0 Å². The molecule has 0 bridgehead atoms. The molecule has 0 saturated carbocycles. The summed E-state index contributed by atoms with van der Waals surface area (Å²) in [6.07, 6.45) is 0. The standard InChI is InChI=1S/C18H21FO/c1-13-11-16(19)9-10-17(13)20-12-14-5-7-15(8-6-14)18(2,3)4/h5-11H,12H2,1-4H3. The van der Waals surface area contributed by atoms with E-state index in [1.165, 1.54) is 17.7 Å². The highest BCUT2D eigenvalue weighted by Gasteiger charge is 2.12. The molecule has 0 aromatic heterocycles. The molecule has 106 valence electrons. The molecule has 0 N–H and O–H groups in total. The average molecular weight is 272 g/mol. The van der Waals surface area contributed by atoms with Crippen LogP contribution in [0.4, 0.5) is 4.39 Å². The molecule has 1 nitrogen and oxygen atoms in total. The zero-order valence-electron chi connectivity index (χ0n) is 12.5. The van der Waals surface area contributed by atoms with Crippen molar-refractivity contribution >= 4 is 0 Å². The Balaban J connectivity index is 2.04. The summed E-state index contributed by atoms with van der Waals surface area (Å²) in [5.74, 6) is 0.496. The third-order valence-electron chi connectivity index (χ3n) is 3.35. The quantitative estimate of drug-likeness (QED) is 0.763. The lowest BCUT2D eigenvalue weighted by atomic mass is 9.87. The summed E-state index contributed by atoms with van der Waals surface area (Å²) < 4.78 is 18.7.